The van der Waals surface area contributed by atoms with Gasteiger partial charge in [-0.15, -0.1) is 0 Å². The molecule has 0 amide bonds. The maximum Gasteiger partial charge on any atom is 0.314 e. The van der Waals surface area contributed by atoms with Gasteiger partial charge in [0.05, 0.1) is 13.0 Å². The molecule has 2 rings (SSSR count). The summed E-state index contributed by atoms with van der Waals surface area (Å²) in [5, 5.41) is 4.03. The van der Waals surface area contributed by atoms with Crippen LogP contribution in [0.25, 0.3) is 0 Å². The van der Waals surface area contributed by atoms with Crippen molar-refractivity contribution in [3.05, 3.63) is 34.9 Å². The number of carbonyl (C=O) groups is 1. The van der Waals surface area contributed by atoms with Crippen molar-refractivity contribution in [1.82, 2.24) is 5.32 Å². The third-order valence-corrected chi connectivity index (χ3v) is 3.44. The molecule has 1 N–H and O–H groups in total. The summed E-state index contributed by atoms with van der Waals surface area (Å²) in [6.07, 6.45) is 2.11. The third kappa shape index (κ3) is 2.79. The molecule has 0 spiro atoms. The highest BCUT2D eigenvalue weighted by Gasteiger charge is 2.32. The summed E-state index contributed by atoms with van der Waals surface area (Å²) in [6, 6.07) is 7.57. The largest absolute Gasteiger partial charge is 0.469 e. The highest BCUT2D eigenvalue weighted by atomic mass is 35.5. The van der Waals surface area contributed by atoms with E-state index in [1.165, 1.54) is 7.11 Å². The number of methoxy groups -OCH3 is 1. The minimum absolute atomic E-state index is 0.170. The molecule has 2 atom stereocenters. The summed E-state index contributed by atoms with van der Waals surface area (Å²) < 4.78 is 4.90. The van der Waals surface area contributed by atoms with Crippen molar-refractivity contribution in [1.29, 1.82) is 0 Å². The second-order valence-corrected chi connectivity index (χ2v) is 4.69. The second kappa shape index (κ2) is 5.52. The van der Waals surface area contributed by atoms with E-state index < -0.39 is 0 Å². The van der Waals surface area contributed by atoms with E-state index in [0.717, 1.165) is 24.9 Å². The first-order valence-electron chi connectivity index (χ1n) is 5.79. The second-order valence-electron chi connectivity index (χ2n) is 4.26. The molecular formula is C13H16ClNO2. The van der Waals surface area contributed by atoms with Crippen molar-refractivity contribution in [3.8, 4) is 0 Å². The van der Waals surface area contributed by atoms with Gasteiger partial charge >= 0.3 is 5.97 Å². The lowest BCUT2D eigenvalue weighted by Crippen LogP contribution is -2.34. The van der Waals surface area contributed by atoms with E-state index >= 15 is 0 Å². The fourth-order valence-electron chi connectivity index (χ4n) is 2.33. The number of hydrogen-bond donors (Lipinski definition) is 1. The number of ether oxygens (including phenoxy) is 1. The van der Waals surface area contributed by atoms with Gasteiger partial charge in [-0.1, -0.05) is 23.7 Å². The van der Waals surface area contributed by atoms with Crippen molar-refractivity contribution in [2.75, 3.05) is 13.7 Å². The summed E-state index contributed by atoms with van der Waals surface area (Å²) >= 11 is 5.86. The van der Waals surface area contributed by atoms with Crippen LogP contribution in [0, 0.1) is 0 Å². The first-order valence-corrected chi connectivity index (χ1v) is 6.17. The highest BCUT2D eigenvalue weighted by molar-refractivity contribution is 6.30. The van der Waals surface area contributed by atoms with Gasteiger partial charge in [0.15, 0.2) is 0 Å². The lowest BCUT2D eigenvalue weighted by atomic mass is 9.90. The molecule has 0 unspecified atom stereocenters. The molecule has 0 radical (unpaired) electrons. The third-order valence-electron chi connectivity index (χ3n) is 3.19. The fraction of sp³-hybridized carbons (Fsp3) is 0.462. The van der Waals surface area contributed by atoms with Gasteiger partial charge in [-0.05, 0) is 37.1 Å². The van der Waals surface area contributed by atoms with Gasteiger partial charge in [-0.25, -0.2) is 0 Å². The Morgan fingerprint density at radius 3 is 2.71 bits per heavy atom. The van der Waals surface area contributed by atoms with Gasteiger partial charge in [-0.2, -0.15) is 0 Å². The number of hydrogen-bond acceptors (Lipinski definition) is 3. The maximum absolute atomic E-state index is 11.9. The SMILES string of the molecule is COC(=O)[C@H](c1ccc(Cl)cc1)[C@@H]1CCCN1. The molecule has 1 aliphatic heterocycles. The van der Waals surface area contributed by atoms with Crippen LogP contribution in [0.5, 0.6) is 0 Å². The molecule has 1 fully saturated rings. The zero-order chi connectivity index (χ0) is 12.3. The van der Waals surface area contributed by atoms with Gasteiger partial charge in [-0.3, -0.25) is 4.79 Å². The Morgan fingerprint density at radius 1 is 1.47 bits per heavy atom. The van der Waals surface area contributed by atoms with Crippen molar-refractivity contribution >= 4 is 17.6 Å². The quantitative estimate of drug-likeness (QED) is 0.841. The fourth-order valence-corrected chi connectivity index (χ4v) is 2.45. The normalized spacial score (nSPS) is 21.2. The Morgan fingerprint density at radius 2 is 2.18 bits per heavy atom. The monoisotopic (exact) mass is 253 g/mol. The molecule has 1 aromatic rings. The number of halogens is 1. The molecule has 0 saturated carbocycles. The van der Waals surface area contributed by atoms with Crippen LogP contribution >= 0.6 is 11.6 Å². The van der Waals surface area contributed by atoms with Gasteiger partial charge in [0.25, 0.3) is 0 Å². The maximum atomic E-state index is 11.9. The van der Waals surface area contributed by atoms with Crippen LogP contribution in [0.4, 0.5) is 0 Å². The molecule has 1 saturated heterocycles. The predicted molar refractivity (Wildman–Crippen MR) is 67.2 cm³/mol. The summed E-state index contributed by atoms with van der Waals surface area (Å²) in [4.78, 5) is 11.9. The molecular weight excluding hydrogens is 238 g/mol. The van der Waals surface area contributed by atoms with Crippen LogP contribution in [0.15, 0.2) is 24.3 Å². The van der Waals surface area contributed by atoms with Gasteiger partial charge in [0.2, 0.25) is 0 Å². The van der Waals surface area contributed by atoms with Gasteiger partial charge in [0.1, 0.15) is 0 Å². The average Bonchev–Trinajstić information content (AvgIpc) is 2.85. The molecule has 1 aliphatic rings. The average molecular weight is 254 g/mol. The van der Waals surface area contributed by atoms with E-state index in [4.69, 9.17) is 16.3 Å². The van der Waals surface area contributed by atoms with Crippen molar-refractivity contribution in [2.45, 2.75) is 24.8 Å². The lowest BCUT2D eigenvalue weighted by Gasteiger charge is -2.21. The van der Waals surface area contributed by atoms with Crippen LogP contribution < -0.4 is 5.32 Å². The first kappa shape index (κ1) is 12.4. The van der Waals surface area contributed by atoms with E-state index in [0.29, 0.717) is 5.02 Å². The van der Waals surface area contributed by atoms with E-state index in [9.17, 15) is 4.79 Å². The van der Waals surface area contributed by atoms with Crippen LogP contribution in [0.2, 0.25) is 5.02 Å². The summed E-state index contributed by atoms with van der Waals surface area (Å²) in [5.41, 5.74) is 0.959. The molecule has 0 aromatic heterocycles. The first-order chi connectivity index (χ1) is 8.22. The molecule has 1 heterocycles. The number of nitrogens with one attached hydrogen (secondary N) is 1. The molecule has 4 heteroatoms. The summed E-state index contributed by atoms with van der Waals surface area (Å²) in [6.45, 7) is 0.964. The Balaban J connectivity index is 2.25. The van der Waals surface area contributed by atoms with Gasteiger partial charge < -0.3 is 10.1 Å². The van der Waals surface area contributed by atoms with Crippen LogP contribution in [0.1, 0.15) is 24.3 Å². The molecule has 3 nitrogen and oxygen atoms in total. The zero-order valence-electron chi connectivity index (χ0n) is 9.78. The Bertz CT molecular complexity index is 385. The van der Waals surface area contributed by atoms with Crippen LogP contribution in [0.3, 0.4) is 0 Å². The zero-order valence-corrected chi connectivity index (χ0v) is 10.5. The number of benzene rings is 1. The highest BCUT2D eigenvalue weighted by Crippen LogP contribution is 2.27. The molecule has 0 aliphatic carbocycles. The Hall–Kier alpha value is -1.06. The minimum Gasteiger partial charge on any atom is -0.469 e. The minimum atomic E-state index is -0.236. The smallest absolute Gasteiger partial charge is 0.314 e. The van der Waals surface area contributed by atoms with E-state index in [-0.39, 0.29) is 17.9 Å². The van der Waals surface area contributed by atoms with Gasteiger partial charge in [0, 0.05) is 11.1 Å². The number of rotatable bonds is 3. The Kier molecular flexibility index (Phi) is 4.02. The Labute approximate surface area is 106 Å². The predicted octanol–water partition coefficient (Wildman–Crippen LogP) is 2.35. The molecule has 1 aromatic carbocycles. The molecule has 17 heavy (non-hydrogen) atoms. The molecule has 0 bridgehead atoms. The van der Waals surface area contributed by atoms with E-state index in [1.54, 1.807) is 0 Å². The summed E-state index contributed by atoms with van der Waals surface area (Å²) in [7, 11) is 1.43. The molecule has 92 valence electrons. The topological polar surface area (TPSA) is 38.3 Å². The van der Waals surface area contributed by atoms with Crippen molar-refractivity contribution in [3.63, 3.8) is 0 Å². The number of carbonyl (C=O) groups excluding carboxylic acids is 1. The van der Waals surface area contributed by atoms with E-state index in [1.807, 2.05) is 24.3 Å². The van der Waals surface area contributed by atoms with Crippen molar-refractivity contribution in [2.24, 2.45) is 0 Å². The summed E-state index contributed by atoms with van der Waals surface area (Å²) in [5.74, 6) is -0.425. The lowest BCUT2D eigenvalue weighted by molar-refractivity contribution is -0.143. The van der Waals surface area contributed by atoms with Crippen molar-refractivity contribution < 1.29 is 9.53 Å². The van der Waals surface area contributed by atoms with Crippen LogP contribution in [-0.2, 0) is 9.53 Å². The number of esters is 1. The van der Waals surface area contributed by atoms with E-state index in [2.05, 4.69) is 5.32 Å². The standard InChI is InChI=1S/C13H16ClNO2/c1-17-13(16)12(11-3-2-8-15-11)9-4-6-10(14)7-5-9/h4-7,11-12,15H,2-3,8H2,1H3/t11-,12+/m0/s1. The van der Waals surface area contributed by atoms with Crippen LogP contribution in [-0.4, -0.2) is 25.7 Å².